The van der Waals surface area contributed by atoms with Gasteiger partial charge >= 0.3 is 12.0 Å². The monoisotopic (exact) mass is 292 g/mol. The van der Waals surface area contributed by atoms with E-state index in [1.807, 2.05) is 31.2 Å². The molecular formula is C15H20N2O4. The molecule has 0 heterocycles. The number of hydrogen-bond donors (Lipinski definition) is 3. The Balaban J connectivity index is 2.41. The topological polar surface area (TPSA) is 95.5 Å². The van der Waals surface area contributed by atoms with Gasteiger partial charge in [-0.05, 0) is 26.3 Å². The van der Waals surface area contributed by atoms with E-state index in [0.717, 1.165) is 11.1 Å². The van der Waals surface area contributed by atoms with Crippen LogP contribution in [-0.4, -0.2) is 23.0 Å². The van der Waals surface area contributed by atoms with E-state index in [1.54, 1.807) is 0 Å². The number of urea groups is 1. The number of imide groups is 1. The second kappa shape index (κ2) is 6.88. The van der Waals surface area contributed by atoms with Crippen molar-refractivity contribution in [1.29, 1.82) is 0 Å². The summed E-state index contributed by atoms with van der Waals surface area (Å²) in [6, 6.07) is 6.97. The molecule has 0 aliphatic carbocycles. The average Bonchev–Trinajstić information content (AvgIpc) is 2.37. The molecule has 3 N–H and O–H groups in total. The third-order valence-corrected chi connectivity index (χ3v) is 3.01. The van der Waals surface area contributed by atoms with Crippen molar-refractivity contribution in [1.82, 2.24) is 10.6 Å². The van der Waals surface area contributed by atoms with Crippen LogP contribution < -0.4 is 10.6 Å². The van der Waals surface area contributed by atoms with Gasteiger partial charge in [0.25, 0.3) is 0 Å². The van der Waals surface area contributed by atoms with Crippen molar-refractivity contribution in [3.8, 4) is 0 Å². The smallest absolute Gasteiger partial charge is 0.321 e. The standard InChI is InChI=1S/C15H20N2O4/c1-10-4-6-11(7-5-10)9-16-14(21)17-12(18)8-15(2,3)13(19)20/h4-7H,8-9H2,1-3H3,(H,19,20)(H2,16,17,18,21). The van der Waals surface area contributed by atoms with Crippen LogP contribution in [0.1, 0.15) is 31.4 Å². The van der Waals surface area contributed by atoms with E-state index in [1.165, 1.54) is 13.8 Å². The number of carbonyl (C=O) groups is 3. The minimum atomic E-state index is -1.21. The summed E-state index contributed by atoms with van der Waals surface area (Å²) in [5.74, 6) is -1.71. The lowest BCUT2D eigenvalue weighted by atomic mass is 9.89. The minimum Gasteiger partial charge on any atom is -0.481 e. The number of aryl methyl sites for hydroxylation is 1. The van der Waals surface area contributed by atoms with Crippen molar-refractivity contribution in [2.75, 3.05) is 0 Å². The van der Waals surface area contributed by atoms with E-state index in [-0.39, 0.29) is 6.42 Å². The molecule has 0 atom stereocenters. The molecule has 114 valence electrons. The normalized spacial score (nSPS) is 10.8. The molecule has 1 aromatic rings. The van der Waals surface area contributed by atoms with Gasteiger partial charge in [0.15, 0.2) is 0 Å². The first-order valence-electron chi connectivity index (χ1n) is 6.57. The highest BCUT2D eigenvalue weighted by Crippen LogP contribution is 2.19. The van der Waals surface area contributed by atoms with Crippen molar-refractivity contribution in [3.63, 3.8) is 0 Å². The van der Waals surface area contributed by atoms with Crippen LogP contribution >= 0.6 is 0 Å². The third kappa shape index (κ3) is 5.64. The Hall–Kier alpha value is -2.37. The lowest BCUT2D eigenvalue weighted by Crippen LogP contribution is -2.41. The first-order chi connectivity index (χ1) is 9.70. The van der Waals surface area contributed by atoms with Crippen LogP contribution in [0.3, 0.4) is 0 Å². The predicted octanol–water partition coefficient (Wildman–Crippen LogP) is 1.82. The lowest BCUT2D eigenvalue weighted by molar-refractivity contribution is -0.149. The first kappa shape index (κ1) is 16.7. The molecule has 6 nitrogen and oxygen atoms in total. The summed E-state index contributed by atoms with van der Waals surface area (Å²) < 4.78 is 0. The van der Waals surface area contributed by atoms with Crippen LogP contribution in [-0.2, 0) is 16.1 Å². The highest BCUT2D eigenvalue weighted by atomic mass is 16.4. The van der Waals surface area contributed by atoms with Crippen LogP contribution in [0, 0.1) is 12.3 Å². The third-order valence-electron chi connectivity index (χ3n) is 3.01. The van der Waals surface area contributed by atoms with E-state index < -0.39 is 23.3 Å². The largest absolute Gasteiger partial charge is 0.481 e. The Labute approximate surface area is 123 Å². The first-order valence-corrected chi connectivity index (χ1v) is 6.57. The quantitative estimate of drug-likeness (QED) is 0.771. The number of rotatable bonds is 5. The van der Waals surface area contributed by atoms with Gasteiger partial charge in [-0.15, -0.1) is 0 Å². The Kier molecular flexibility index (Phi) is 5.46. The van der Waals surface area contributed by atoms with Crippen LogP contribution in [0.15, 0.2) is 24.3 Å². The number of carbonyl (C=O) groups excluding carboxylic acids is 2. The molecule has 6 heteroatoms. The second-order valence-electron chi connectivity index (χ2n) is 5.58. The summed E-state index contributed by atoms with van der Waals surface area (Å²) >= 11 is 0. The molecule has 3 amide bonds. The summed E-state index contributed by atoms with van der Waals surface area (Å²) in [4.78, 5) is 34.1. The van der Waals surface area contributed by atoms with Gasteiger partial charge in [0, 0.05) is 13.0 Å². The van der Waals surface area contributed by atoms with Gasteiger partial charge in [-0.3, -0.25) is 14.9 Å². The SMILES string of the molecule is Cc1ccc(CNC(=O)NC(=O)CC(C)(C)C(=O)O)cc1. The maximum Gasteiger partial charge on any atom is 0.321 e. The van der Waals surface area contributed by atoms with Crippen LogP contribution in [0.25, 0.3) is 0 Å². The number of amides is 3. The molecule has 0 radical (unpaired) electrons. The summed E-state index contributed by atoms with van der Waals surface area (Å²) in [6.07, 6.45) is -0.264. The summed E-state index contributed by atoms with van der Waals surface area (Å²) in [7, 11) is 0. The number of carboxylic acids is 1. The molecule has 0 aliphatic heterocycles. The fourth-order valence-corrected chi connectivity index (χ4v) is 1.58. The van der Waals surface area contributed by atoms with Gasteiger partial charge in [-0.25, -0.2) is 4.79 Å². The molecule has 0 bridgehead atoms. The van der Waals surface area contributed by atoms with Crippen LogP contribution in [0.2, 0.25) is 0 Å². The van der Waals surface area contributed by atoms with Gasteiger partial charge in [0.2, 0.25) is 5.91 Å². The summed E-state index contributed by atoms with van der Waals surface area (Å²) in [5, 5.41) is 13.6. The van der Waals surface area contributed by atoms with E-state index in [4.69, 9.17) is 5.11 Å². The minimum absolute atomic E-state index is 0.264. The zero-order chi connectivity index (χ0) is 16.0. The molecule has 1 rings (SSSR count). The second-order valence-corrected chi connectivity index (χ2v) is 5.58. The van der Waals surface area contributed by atoms with E-state index >= 15 is 0 Å². The highest BCUT2D eigenvalue weighted by Gasteiger charge is 2.30. The molecule has 0 aliphatic rings. The molecule has 21 heavy (non-hydrogen) atoms. The van der Waals surface area contributed by atoms with Crippen molar-refractivity contribution in [2.24, 2.45) is 5.41 Å². The Bertz CT molecular complexity index is 535. The van der Waals surface area contributed by atoms with E-state index in [2.05, 4.69) is 10.6 Å². The van der Waals surface area contributed by atoms with Gasteiger partial charge in [0.05, 0.1) is 5.41 Å². The molecule has 0 saturated heterocycles. The predicted molar refractivity (Wildman–Crippen MR) is 77.6 cm³/mol. The van der Waals surface area contributed by atoms with Crippen molar-refractivity contribution in [3.05, 3.63) is 35.4 Å². The van der Waals surface area contributed by atoms with Gasteiger partial charge < -0.3 is 10.4 Å². The van der Waals surface area contributed by atoms with Crippen LogP contribution in [0.4, 0.5) is 4.79 Å². The van der Waals surface area contributed by atoms with Crippen molar-refractivity contribution < 1.29 is 19.5 Å². The Morgan fingerprint density at radius 3 is 2.24 bits per heavy atom. The fourth-order valence-electron chi connectivity index (χ4n) is 1.58. The van der Waals surface area contributed by atoms with Crippen molar-refractivity contribution in [2.45, 2.75) is 33.7 Å². The molecule has 0 fully saturated rings. The number of nitrogens with one attached hydrogen (secondary N) is 2. The molecule has 0 unspecified atom stereocenters. The maximum atomic E-state index is 11.6. The van der Waals surface area contributed by atoms with Gasteiger partial charge in [-0.1, -0.05) is 29.8 Å². The fraction of sp³-hybridized carbons (Fsp3) is 0.400. The summed E-state index contributed by atoms with van der Waals surface area (Å²) in [5.41, 5.74) is 0.824. The number of aliphatic carboxylic acids is 1. The lowest BCUT2D eigenvalue weighted by Gasteiger charge is -2.17. The zero-order valence-electron chi connectivity index (χ0n) is 12.4. The maximum absolute atomic E-state index is 11.6. The van der Waals surface area contributed by atoms with Gasteiger partial charge in [0.1, 0.15) is 0 Å². The molecule has 0 aromatic heterocycles. The Morgan fingerprint density at radius 1 is 1.14 bits per heavy atom. The van der Waals surface area contributed by atoms with E-state index in [9.17, 15) is 14.4 Å². The van der Waals surface area contributed by atoms with Crippen LogP contribution in [0.5, 0.6) is 0 Å². The molecule has 1 aromatic carbocycles. The molecule has 0 spiro atoms. The van der Waals surface area contributed by atoms with Gasteiger partial charge in [-0.2, -0.15) is 0 Å². The average molecular weight is 292 g/mol. The van der Waals surface area contributed by atoms with Crippen molar-refractivity contribution >= 4 is 17.9 Å². The number of carboxylic acid groups (broad SMARTS) is 1. The zero-order valence-corrected chi connectivity index (χ0v) is 12.4. The highest BCUT2D eigenvalue weighted by molar-refractivity contribution is 5.96. The number of benzene rings is 1. The Morgan fingerprint density at radius 2 is 1.71 bits per heavy atom. The number of hydrogen-bond acceptors (Lipinski definition) is 3. The summed E-state index contributed by atoms with van der Waals surface area (Å²) in [6.45, 7) is 5.12. The molecular weight excluding hydrogens is 272 g/mol. The van der Waals surface area contributed by atoms with E-state index in [0.29, 0.717) is 6.54 Å². The molecule has 0 saturated carbocycles.